The third kappa shape index (κ3) is 5.88. The van der Waals surface area contributed by atoms with E-state index in [1.54, 1.807) is 18.3 Å². The quantitative estimate of drug-likeness (QED) is 0.526. The fourth-order valence-electron chi connectivity index (χ4n) is 3.04. The Morgan fingerprint density at radius 1 is 0.786 bits per heavy atom. The van der Waals surface area contributed by atoms with Crippen molar-refractivity contribution in [2.75, 3.05) is 6.54 Å². The van der Waals surface area contributed by atoms with Crippen molar-refractivity contribution in [1.82, 2.24) is 9.88 Å². The highest BCUT2D eigenvalue weighted by atomic mass is 16.2. The Balaban J connectivity index is 1.62. The zero-order valence-corrected chi connectivity index (χ0v) is 15.8. The summed E-state index contributed by atoms with van der Waals surface area (Å²) in [6.07, 6.45) is 2.88. The van der Waals surface area contributed by atoms with E-state index in [2.05, 4.69) is 4.98 Å². The third-order valence-corrected chi connectivity index (χ3v) is 4.59. The number of aromatic nitrogens is 1. The van der Waals surface area contributed by atoms with Crippen molar-refractivity contribution in [3.8, 4) is 0 Å². The Morgan fingerprint density at radius 2 is 1.46 bits per heavy atom. The van der Waals surface area contributed by atoms with Crippen molar-refractivity contribution in [3.63, 3.8) is 0 Å². The predicted octanol–water partition coefficient (Wildman–Crippen LogP) is 4.32. The van der Waals surface area contributed by atoms with Gasteiger partial charge in [0.2, 0.25) is 5.91 Å². The van der Waals surface area contributed by atoms with Gasteiger partial charge in [-0.15, -0.1) is 0 Å². The molecular formula is C24H24N2O2. The summed E-state index contributed by atoms with van der Waals surface area (Å²) in [4.78, 5) is 31.3. The highest BCUT2D eigenvalue weighted by Crippen LogP contribution is 2.11. The largest absolute Gasteiger partial charge is 0.338 e. The molecule has 0 aliphatic carbocycles. The van der Waals surface area contributed by atoms with Crippen molar-refractivity contribution in [2.24, 2.45) is 0 Å². The van der Waals surface area contributed by atoms with Crippen LogP contribution in [0.4, 0.5) is 0 Å². The highest BCUT2D eigenvalue weighted by Gasteiger charge is 2.16. The third-order valence-electron chi connectivity index (χ3n) is 4.59. The van der Waals surface area contributed by atoms with Crippen molar-refractivity contribution in [1.29, 1.82) is 0 Å². The van der Waals surface area contributed by atoms with Crippen LogP contribution in [0.5, 0.6) is 0 Å². The number of hydrogen-bond donors (Lipinski definition) is 0. The van der Waals surface area contributed by atoms with E-state index in [1.807, 2.05) is 71.6 Å². The Hall–Kier alpha value is -3.27. The van der Waals surface area contributed by atoms with Gasteiger partial charge < -0.3 is 4.90 Å². The lowest BCUT2D eigenvalue weighted by molar-refractivity contribution is -0.131. The van der Waals surface area contributed by atoms with Gasteiger partial charge in [0.1, 0.15) is 0 Å². The van der Waals surface area contributed by atoms with Crippen LogP contribution in [0.1, 0.15) is 34.5 Å². The van der Waals surface area contributed by atoms with Crippen LogP contribution in [-0.4, -0.2) is 28.1 Å². The van der Waals surface area contributed by atoms with Crippen LogP contribution < -0.4 is 0 Å². The first-order valence-electron chi connectivity index (χ1n) is 9.52. The molecule has 0 bridgehead atoms. The molecule has 142 valence electrons. The Labute approximate surface area is 165 Å². The first-order chi connectivity index (χ1) is 13.7. The van der Waals surface area contributed by atoms with Gasteiger partial charge in [-0.1, -0.05) is 66.7 Å². The molecule has 1 heterocycles. The molecule has 3 rings (SSSR count). The van der Waals surface area contributed by atoms with Gasteiger partial charge in [0, 0.05) is 49.8 Å². The second kappa shape index (κ2) is 10.2. The van der Waals surface area contributed by atoms with Gasteiger partial charge in [-0.3, -0.25) is 14.6 Å². The highest BCUT2D eigenvalue weighted by molar-refractivity contribution is 5.97. The number of amides is 1. The minimum absolute atomic E-state index is 0.00154. The zero-order chi connectivity index (χ0) is 19.6. The van der Waals surface area contributed by atoms with E-state index < -0.39 is 0 Å². The summed E-state index contributed by atoms with van der Waals surface area (Å²) in [6, 6.07) is 24.8. The number of carbonyl (C=O) groups excluding carboxylic acids is 2. The number of benzene rings is 2. The van der Waals surface area contributed by atoms with Crippen LogP contribution >= 0.6 is 0 Å². The van der Waals surface area contributed by atoms with Crippen molar-refractivity contribution in [3.05, 3.63) is 102 Å². The maximum absolute atomic E-state index is 12.9. The molecule has 0 saturated heterocycles. The molecule has 3 aromatic rings. The molecule has 1 amide bonds. The fourth-order valence-corrected chi connectivity index (χ4v) is 3.04. The molecular weight excluding hydrogens is 348 g/mol. The van der Waals surface area contributed by atoms with Gasteiger partial charge in [0.15, 0.2) is 5.78 Å². The maximum Gasteiger partial charge on any atom is 0.223 e. The molecule has 0 aliphatic rings. The molecule has 4 nitrogen and oxygen atoms in total. The summed E-state index contributed by atoms with van der Waals surface area (Å²) in [5.74, 6) is -0.0117. The number of Topliss-reactive ketones (excluding diaryl/α,β-unsaturated/α-hetero) is 1. The van der Waals surface area contributed by atoms with E-state index in [1.165, 1.54) is 0 Å². The maximum atomic E-state index is 12.9. The average molecular weight is 372 g/mol. The Bertz CT molecular complexity index is 880. The van der Waals surface area contributed by atoms with Gasteiger partial charge in [-0.05, 0) is 17.7 Å². The lowest BCUT2D eigenvalue weighted by Gasteiger charge is -2.23. The molecule has 0 saturated carbocycles. The monoisotopic (exact) mass is 372 g/mol. The van der Waals surface area contributed by atoms with Crippen molar-refractivity contribution in [2.45, 2.75) is 25.8 Å². The normalized spacial score (nSPS) is 10.4. The molecule has 0 N–H and O–H groups in total. The molecule has 0 radical (unpaired) electrons. The van der Waals surface area contributed by atoms with Crippen molar-refractivity contribution >= 4 is 11.7 Å². The molecule has 0 unspecified atom stereocenters. The Kier molecular flexibility index (Phi) is 7.08. The molecule has 4 heteroatoms. The molecule has 0 aliphatic heterocycles. The van der Waals surface area contributed by atoms with E-state index in [-0.39, 0.29) is 24.5 Å². The van der Waals surface area contributed by atoms with E-state index in [0.29, 0.717) is 25.1 Å². The van der Waals surface area contributed by atoms with Gasteiger partial charge in [-0.2, -0.15) is 0 Å². The van der Waals surface area contributed by atoms with Crippen LogP contribution in [0.15, 0.2) is 85.1 Å². The molecule has 1 aromatic heterocycles. The summed E-state index contributed by atoms with van der Waals surface area (Å²) < 4.78 is 0. The number of ketones is 1. The summed E-state index contributed by atoms with van der Waals surface area (Å²) in [5.41, 5.74) is 2.68. The number of nitrogens with zero attached hydrogens (tertiary/aromatic N) is 2. The van der Waals surface area contributed by atoms with E-state index in [9.17, 15) is 9.59 Å². The average Bonchev–Trinajstić information content (AvgIpc) is 2.76. The summed E-state index contributed by atoms with van der Waals surface area (Å²) >= 11 is 0. The van der Waals surface area contributed by atoms with Crippen LogP contribution in [0.25, 0.3) is 0 Å². The van der Waals surface area contributed by atoms with Crippen LogP contribution in [-0.2, 0) is 17.8 Å². The summed E-state index contributed by atoms with van der Waals surface area (Å²) in [6.45, 7) is 1.11. The fraction of sp³-hybridized carbons (Fsp3) is 0.208. The van der Waals surface area contributed by atoms with E-state index in [0.717, 1.165) is 11.3 Å². The molecule has 28 heavy (non-hydrogen) atoms. The lowest BCUT2D eigenvalue weighted by atomic mass is 10.1. The standard InChI is InChI=1S/C24H24N2O2/c27-23(21-11-5-2-6-12-21)14-15-24(28)26(19-20-9-3-1-4-10-20)18-16-22-13-7-8-17-25-22/h1-13,17H,14-16,18-19H2. The van der Waals surface area contributed by atoms with Gasteiger partial charge >= 0.3 is 0 Å². The van der Waals surface area contributed by atoms with Gasteiger partial charge in [0.05, 0.1) is 0 Å². The second-order valence-electron chi connectivity index (χ2n) is 6.66. The minimum Gasteiger partial charge on any atom is -0.338 e. The summed E-state index contributed by atoms with van der Waals surface area (Å²) in [5, 5.41) is 0. The molecule has 0 fully saturated rings. The molecule has 0 spiro atoms. The van der Waals surface area contributed by atoms with E-state index in [4.69, 9.17) is 0 Å². The summed E-state index contributed by atoms with van der Waals surface area (Å²) in [7, 11) is 0. The van der Waals surface area contributed by atoms with Crippen molar-refractivity contribution < 1.29 is 9.59 Å². The molecule has 0 atom stereocenters. The van der Waals surface area contributed by atoms with Crippen LogP contribution in [0.3, 0.4) is 0 Å². The topological polar surface area (TPSA) is 50.3 Å². The van der Waals surface area contributed by atoms with E-state index >= 15 is 0 Å². The minimum atomic E-state index is -0.0101. The van der Waals surface area contributed by atoms with Gasteiger partial charge in [0.25, 0.3) is 0 Å². The van der Waals surface area contributed by atoms with Crippen LogP contribution in [0, 0.1) is 0 Å². The van der Waals surface area contributed by atoms with Crippen LogP contribution in [0.2, 0.25) is 0 Å². The first-order valence-corrected chi connectivity index (χ1v) is 9.52. The number of carbonyl (C=O) groups is 2. The second-order valence-corrected chi connectivity index (χ2v) is 6.66. The number of hydrogen-bond acceptors (Lipinski definition) is 3. The number of pyridine rings is 1. The number of rotatable bonds is 9. The first kappa shape index (κ1) is 19.5. The van der Waals surface area contributed by atoms with Gasteiger partial charge in [-0.25, -0.2) is 0 Å². The Morgan fingerprint density at radius 3 is 2.14 bits per heavy atom. The lowest BCUT2D eigenvalue weighted by Crippen LogP contribution is -2.32. The molecule has 2 aromatic carbocycles. The zero-order valence-electron chi connectivity index (χ0n) is 15.8. The smallest absolute Gasteiger partial charge is 0.223 e. The SMILES string of the molecule is O=C(CCC(=O)N(CCc1ccccn1)Cc1ccccc1)c1ccccc1. The predicted molar refractivity (Wildman–Crippen MR) is 110 cm³/mol.